The molecule has 3 heterocycles. The Morgan fingerprint density at radius 3 is 2.76 bits per heavy atom. The van der Waals surface area contributed by atoms with Crippen molar-refractivity contribution in [2.24, 2.45) is 0 Å². The average Bonchev–Trinajstić information content (AvgIpc) is 3.16. The standard InChI is InChI=1S/C13H19N5O2S/c1-7(2)11-15-13(21-17-11)18-6-9(19-4)5-10(18)12-14-8(3)16-20-12/h7,9-10H,5-6H2,1-4H3/t9-,10-/m1/s1. The van der Waals surface area contributed by atoms with E-state index in [0.29, 0.717) is 17.6 Å². The highest BCUT2D eigenvalue weighted by Gasteiger charge is 2.38. The maximum absolute atomic E-state index is 5.50. The highest BCUT2D eigenvalue weighted by atomic mass is 32.1. The smallest absolute Gasteiger partial charge is 0.249 e. The zero-order valence-electron chi connectivity index (χ0n) is 12.6. The summed E-state index contributed by atoms with van der Waals surface area (Å²) in [6.45, 7) is 6.76. The molecule has 0 radical (unpaired) electrons. The summed E-state index contributed by atoms with van der Waals surface area (Å²) in [6, 6.07) is 0.00381. The minimum atomic E-state index is 0.00381. The summed E-state index contributed by atoms with van der Waals surface area (Å²) >= 11 is 1.41. The quantitative estimate of drug-likeness (QED) is 0.857. The number of anilines is 1. The normalized spacial score (nSPS) is 22.4. The summed E-state index contributed by atoms with van der Waals surface area (Å²) in [7, 11) is 1.73. The Morgan fingerprint density at radius 2 is 2.19 bits per heavy atom. The van der Waals surface area contributed by atoms with Crippen LogP contribution in [0.3, 0.4) is 0 Å². The predicted octanol–water partition coefficient (Wildman–Crippen LogP) is 2.32. The molecule has 8 heteroatoms. The van der Waals surface area contributed by atoms with Gasteiger partial charge in [0.15, 0.2) is 5.82 Å². The maximum Gasteiger partial charge on any atom is 0.249 e. The van der Waals surface area contributed by atoms with E-state index >= 15 is 0 Å². The first-order valence-corrected chi connectivity index (χ1v) is 7.79. The van der Waals surface area contributed by atoms with Crippen LogP contribution in [-0.2, 0) is 4.74 Å². The molecule has 1 aliphatic rings. The van der Waals surface area contributed by atoms with Gasteiger partial charge in [0.2, 0.25) is 11.0 Å². The van der Waals surface area contributed by atoms with Crippen molar-refractivity contribution in [2.75, 3.05) is 18.6 Å². The fourth-order valence-corrected chi connectivity index (χ4v) is 3.31. The van der Waals surface area contributed by atoms with E-state index in [1.165, 1.54) is 11.5 Å². The summed E-state index contributed by atoms with van der Waals surface area (Å²) in [5.74, 6) is 2.45. The van der Waals surface area contributed by atoms with Gasteiger partial charge in [0.1, 0.15) is 11.9 Å². The van der Waals surface area contributed by atoms with Crippen LogP contribution in [0.15, 0.2) is 4.52 Å². The third-order valence-corrected chi connectivity index (χ3v) is 4.38. The Bertz CT molecular complexity index is 611. The molecule has 3 rings (SSSR count). The molecule has 0 aliphatic carbocycles. The van der Waals surface area contributed by atoms with Crippen molar-refractivity contribution in [1.82, 2.24) is 19.5 Å². The van der Waals surface area contributed by atoms with Crippen LogP contribution in [-0.4, -0.2) is 39.3 Å². The van der Waals surface area contributed by atoms with Crippen LogP contribution in [0.4, 0.5) is 5.13 Å². The van der Waals surface area contributed by atoms with Crippen LogP contribution >= 0.6 is 11.5 Å². The van der Waals surface area contributed by atoms with Gasteiger partial charge in [-0.1, -0.05) is 19.0 Å². The Morgan fingerprint density at radius 1 is 1.38 bits per heavy atom. The largest absolute Gasteiger partial charge is 0.380 e. The predicted molar refractivity (Wildman–Crippen MR) is 78.5 cm³/mol. The van der Waals surface area contributed by atoms with Crippen molar-refractivity contribution in [3.05, 3.63) is 17.5 Å². The van der Waals surface area contributed by atoms with E-state index in [0.717, 1.165) is 23.9 Å². The third-order valence-electron chi connectivity index (χ3n) is 3.62. The second kappa shape index (κ2) is 5.69. The Balaban J connectivity index is 1.89. The SMILES string of the molecule is CO[C@@H]1C[C@H](c2nc(C)no2)N(c2nc(C(C)C)ns2)C1. The van der Waals surface area contributed by atoms with Crippen molar-refractivity contribution >= 4 is 16.7 Å². The summed E-state index contributed by atoms with van der Waals surface area (Å²) in [5, 5.41) is 4.78. The number of methoxy groups -OCH3 is 1. The van der Waals surface area contributed by atoms with Crippen LogP contribution in [0.2, 0.25) is 0 Å². The van der Waals surface area contributed by atoms with E-state index in [2.05, 4.69) is 38.2 Å². The third kappa shape index (κ3) is 2.77. The second-order valence-corrected chi connectivity index (χ2v) is 6.26. The van der Waals surface area contributed by atoms with E-state index in [1.807, 2.05) is 6.92 Å². The molecule has 0 unspecified atom stereocenters. The zero-order chi connectivity index (χ0) is 15.0. The van der Waals surface area contributed by atoms with Crippen molar-refractivity contribution in [3.8, 4) is 0 Å². The summed E-state index contributed by atoms with van der Waals surface area (Å²) < 4.78 is 15.3. The molecule has 2 aromatic heterocycles. The van der Waals surface area contributed by atoms with Crippen LogP contribution in [0, 0.1) is 6.92 Å². The first kappa shape index (κ1) is 14.4. The van der Waals surface area contributed by atoms with E-state index < -0.39 is 0 Å². The summed E-state index contributed by atoms with van der Waals surface area (Å²) in [6.07, 6.45) is 0.947. The molecule has 2 atom stereocenters. The molecule has 114 valence electrons. The van der Waals surface area contributed by atoms with Crippen molar-refractivity contribution in [2.45, 2.75) is 45.3 Å². The van der Waals surface area contributed by atoms with Crippen molar-refractivity contribution in [3.63, 3.8) is 0 Å². The number of aromatic nitrogens is 4. The molecule has 0 saturated carbocycles. The first-order chi connectivity index (χ1) is 10.1. The number of hydrogen-bond donors (Lipinski definition) is 0. The molecule has 0 N–H and O–H groups in total. The lowest BCUT2D eigenvalue weighted by Gasteiger charge is -2.19. The lowest BCUT2D eigenvalue weighted by Crippen LogP contribution is -2.24. The minimum absolute atomic E-state index is 0.00381. The van der Waals surface area contributed by atoms with Crippen LogP contribution in [0.5, 0.6) is 0 Å². The van der Waals surface area contributed by atoms with Crippen molar-refractivity contribution < 1.29 is 9.26 Å². The molecule has 21 heavy (non-hydrogen) atoms. The second-order valence-electron chi connectivity index (χ2n) is 5.53. The van der Waals surface area contributed by atoms with Gasteiger partial charge >= 0.3 is 0 Å². The molecule has 0 aromatic carbocycles. The first-order valence-electron chi connectivity index (χ1n) is 7.01. The highest BCUT2D eigenvalue weighted by molar-refractivity contribution is 7.09. The average molecular weight is 309 g/mol. The molecule has 0 bridgehead atoms. The number of aryl methyl sites for hydroxylation is 1. The van der Waals surface area contributed by atoms with Crippen LogP contribution < -0.4 is 4.90 Å². The molecule has 7 nitrogen and oxygen atoms in total. The maximum atomic E-state index is 5.50. The van der Waals surface area contributed by atoms with E-state index in [4.69, 9.17) is 9.26 Å². The zero-order valence-corrected chi connectivity index (χ0v) is 13.4. The van der Waals surface area contributed by atoms with Crippen LogP contribution in [0.25, 0.3) is 0 Å². The highest BCUT2D eigenvalue weighted by Crippen LogP contribution is 2.37. The van der Waals surface area contributed by atoms with Gasteiger partial charge < -0.3 is 14.2 Å². The fourth-order valence-electron chi connectivity index (χ4n) is 2.44. The topological polar surface area (TPSA) is 77.2 Å². The van der Waals surface area contributed by atoms with Gasteiger partial charge in [0.05, 0.1) is 6.10 Å². The molecule has 2 aromatic rings. The molecular weight excluding hydrogens is 290 g/mol. The number of rotatable bonds is 4. The van der Waals surface area contributed by atoms with Gasteiger partial charge in [-0.05, 0) is 6.92 Å². The fraction of sp³-hybridized carbons (Fsp3) is 0.692. The van der Waals surface area contributed by atoms with Gasteiger partial charge in [0, 0.05) is 37.5 Å². The van der Waals surface area contributed by atoms with Gasteiger partial charge in [0.25, 0.3) is 0 Å². The molecule has 1 fully saturated rings. The molecule has 1 aliphatic heterocycles. The number of nitrogens with zero attached hydrogens (tertiary/aromatic N) is 5. The Hall–Kier alpha value is -1.54. The molecule has 1 saturated heterocycles. The number of hydrogen-bond acceptors (Lipinski definition) is 8. The van der Waals surface area contributed by atoms with E-state index in [1.54, 1.807) is 7.11 Å². The van der Waals surface area contributed by atoms with Gasteiger partial charge in [-0.3, -0.25) is 0 Å². The van der Waals surface area contributed by atoms with Gasteiger partial charge in [-0.25, -0.2) is 4.98 Å². The summed E-state index contributed by atoms with van der Waals surface area (Å²) in [5.41, 5.74) is 0. The minimum Gasteiger partial charge on any atom is -0.380 e. The van der Waals surface area contributed by atoms with E-state index in [9.17, 15) is 0 Å². The monoisotopic (exact) mass is 309 g/mol. The summed E-state index contributed by atoms with van der Waals surface area (Å²) in [4.78, 5) is 11.1. The van der Waals surface area contributed by atoms with Crippen LogP contribution in [0.1, 0.15) is 49.8 Å². The van der Waals surface area contributed by atoms with Gasteiger partial charge in [-0.15, -0.1) is 0 Å². The Kier molecular flexibility index (Phi) is 3.90. The van der Waals surface area contributed by atoms with Gasteiger partial charge in [-0.2, -0.15) is 9.36 Å². The van der Waals surface area contributed by atoms with Crippen molar-refractivity contribution in [1.29, 1.82) is 0 Å². The van der Waals surface area contributed by atoms with E-state index in [-0.39, 0.29) is 12.1 Å². The molecule has 0 amide bonds. The molecule has 0 spiro atoms. The molecular formula is C13H19N5O2S. The number of ether oxygens (including phenoxy) is 1. The Labute approximate surface area is 127 Å². The lowest BCUT2D eigenvalue weighted by molar-refractivity contribution is 0.117. The lowest BCUT2D eigenvalue weighted by atomic mass is 10.2.